The molecule has 0 saturated carbocycles. The number of hydrogen-bond acceptors (Lipinski definition) is 8. The van der Waals surface area contributed by atoms with Crippen molar-refractivity contribution in [2.24, 2.45) is 17.8 Å². The number of carbonyl (C=O) groups excluding carboxylic acids is 3. The lowest BCUT2D eigenvalue weighted by atomic mass is 9.85. The van der Waals surface area contributed by atoms with Gasteiger partial charge in [0.05, 0.1) is 18.8 Å². The Morgan fingerprint density at radius 1 is 1.10 bits per heavy atom. The van der Waals surface area contributed by atoms with Crippen molar-refractivity contribution < 1.29 is 38.1 Å². The summed E-state index contributed by atoms with van der Waals surface area (Å²) in [6.07, 6.45) is 2.28. The average molecular weight is 422 g/mol. The third kappa shape index (κ3) is 4.86. The Morgan fingerprint density at radius 2 is 1.73 bits per heavy atom. The smallest absolute Gasteiger partial charge is 0.309 e. The van der Waals surface area contributed by atoms with Crippen LogP contribution in [-0.4, -0.2) is 49.1 Å². The van der Waals surface area contributed by atoms with Gasteiger partial charge < -0.3 is 23.7 Å². The average Bonchev–Trinajstić information content (AvgIpc) is 3.33. The standard InChI is InChI=1S/C22H30O8/c1-12(2)6-18(24)26-9-15-10-27-21(30-19(25)7-13(3)4)20-16(15)8-17(29-14(5)23)22(20)11-28-22/h8,10,12-13,17,20-21H,6-7,9,11H2,1-5H3/t17-,20+,21-,22-/m0/s1. The fourth-order valence-electron chi connectivity index (χ4n) is 3.84. The second kappa shape index (κ2) is 8.79. The van der Waals surface area contributed by atoms with Crippen molar-refractivity contribution in [1.29, 1.82) is 0 Å². The largest absolute Gasteiger partial charge is 0.461 e. The molecular formula is C22H30O8. The number of carbonyl (C=O) groups is 3. The predicted molar refractivity (Wildman–Crippen MR) is 105 cm³/mol. The molecule has 0 N–H and O–H groups in total. The summed E-state index contributed by atoms with van der Waals surface area (Å²) in [5.41, 5.74) is 0.563. The molecular weight excluding hydrogens is 392 g/mol. The number of epoxide rings is 1. The number of fused-ring (bicyclic) bond motifs is 2. The minimum Gasteiger partial charge on any atom is -0.461 e. The molecule has 0 amide bonds. The quantitative estimate of drug-likeness (QED) is 0.334. The van der Waals surface area contributed by atoms with Gasteiger partial charge in [-0.3, -0.25) is 14.4 Å². The number of rotatable bonds is 8. The molecule has 8 nitrogen and oxygen atoms in total. The maximum absolute atomic E-state index is 12.3. The second-order valence-electron chi connectivity index (χ2n) is 8.87. The van der Waals surface area contributed by atoms with E-state index in [0.717, 1.165) is 5.57 Å². The summed E-state index contributed by atoms with van der Waals surface area (Å²) >= 11 is 0. The Bertz CT molecular complexity index is 759. The van der Waals surface area contributed by atoms with Crippen LogP contribution in [-0.2, 0) is 38.1 Å². The Balaban J connectivity index is 1.80. The third-order valence-electron chi connectivity index (χ3n) is 5.22. The van der Waals surface area contributed by atoms with Gasteiger partial charge in [0.2, 0.25) is 0 Å². The molecule has 1 aliphatic carbocycles. The topological polar surface area (TPSA) is 101 Å². The van der Waals surface area contributed by atoms with Crippen molar-refractivity contribution in [2.75, 3.05) is 13.2 Å². The molecule has 0 radical (unpaired) electrons. The zero-order valence-electron chi connectivity index (χ0n) is 18.1. The second-order valence-corrected chi connectivity index (χ2v) is 8.87. The van der Waals surface area contributed by atoms with Crippen molar-refractivity contribution in [2.45, 2.75) is 65.5 Å². The molecule has 2 aliphatic heterocycles. The van der Waals surface area contributed by atoms with Crippen molar-refractivity contribution in [3.8, 4) is 0 Å². The minimum atomic E-state index is -0.902. The number of hydrogen-bond donors (Lipinski definition) is 0. The first-order valence-corrected chi connectivity index (χ1v) is 10.3. The Kier molecular flexibility index (Phi) is 6.55. The van der Waals surface area contributed by atoms with Gasteiger partial charge in [-0.05, 0) is 23.5 Å². The van der Waals surface area contributed by atoms with Crippen LogP contribution in [0.4, 0.5) is 0 Å². The zero-order chi connectivity index (χ0) is 22.1. The van der Waals surface area contributed by atoms with E-state index in [1.54, 1.807) is 6.08 Å². The summed E-state index contributed by atoms with van der Waals surface area (Å²) in [5.74, 6) is -1.25. The fraction of sp³-hybridized carbons (Fsp3) is 0.682. The van der Waals surface area contributed by atoms with E-state index in [-0.39, 0.29) is 36.8 Å². The fourth-order valence-corrected chi connectivity index (χ4v) is 3.84. The van der Waals surface area contributed by atoms with Crippen molar-refractivity contribution in [1.82, 2.24) is 0 Å². The highest BCUT2D eigenvalue weighted by Crippen LogP contribution is 2.54. The first-order valence-electron chi connectivity index (χ1n) is 10.3. The lowest BCUT2D eigenvalue weighted by Gasteiger charge is -2.33. The van der Waals surface area contributed by atoms with Crippen LogP contribution in [0, 0.1) is 17.8 Å². The Hall–Kier alpha value is -2.35. The van der Waals surface area contributed by atoms with Gasteiger partial charge in [-0.25, -0.2) is 0 Å². The van der Waals surface area contributed by atoms with E-state index in [2.05, 4.69) is 0 Å². The molecule has 1 fully saturated rings. The third-order valence-corrected chi connectivity index (χ3v) is 5.22. The van der Waals surface area contributed by atoms with Gasteiger partial charge in [-0.15, -0.1) is 0 Å². The van der Waals surface area contributed by atoms with E-state index < -0.39 is 29.9 Å². The van der Waals surface area contributed by atoms with Gasteiger partial charge in [-0.2, -0.15) is 0 Å². The number of esters is 3. The van der Waals surface area contributed by atoms with Crippen LogP contribution in [0.2, 0.25) is 0 Å². The highest BCUT2D eigenvalue weighted by Gasteiger charge is 2.67. The highest BCUT2D eigenvalue weighted by atomic mass is 16.7. The van der Waals surface area contributed by atoms with E-state index >= 15 is 0 Å². The van der Waals surface area contributed by atoms with Gasteiger partial charge >= 0.3 is 17.9 Å². The first kappa shape index (κ1) is 22.3. The molecule has 166 valence electrons. The van der Waals surface area contributed by atoms with Gasteiger partial charge in [0.15, 0.2) is 6.10 Å². The SMILES string of the molecule is CC(=O)O[C@H]1C=C2C(COC(=O)CC(C)C)=CO[C@@H](OC(=O)CC(C)C)[C@@H]2[C@]12CO2. The molecule has 0 aromatic carbocycles. The molecule has 4 atom stereocenters. The maximum Gasteiger partial charge on any atom is 0.309 e. The summed E-state index contributed by atoms with van der Waals surface area (Å²) < 4.78 is 27.9. The zero-order valence-corrected chi connectivity index (χ0v) is 18.1. The van der Waals surface area contributed by atoms with Gasteiger partial charge in [-0.1, -0.05) is 27.7 Å². The van der Waals surface area contributed by atoms with E-state index in [1.165, 1.54) is 13.2 Å². The summed E-state index contributed by atoms with van der Waals surface area (Å²) in [6, 6.07) is 0. The molecule has 2 heterocycles. The lowest BCUT2D eigenvalue weighted by Crippen LogP contribution is -2.44. The van der Waals surface area contributed by atoms with Crippen LogP contribution in [0.15, 0.2) is 23.5 Å². The van der Waals surface area contributed by atoms with Crippen LogP contribution in [0.25, 0.3) is 0 Å². The van der Waals surface area contributed by atoms with E-state index in [9.17, 15) is 14.4 Å². The molecule has 3 rings (SSSR count). The highest BCUT2D eigenvalue weighted by molar-refractivity contribution is 5.71. The Morgan fingerprint density at radius 3 is 2.30 bits per heavy atom. The first-order chi connectivity index (χ1) is 14.1. The van der Waals surface area contributed by atoms with E-state index in [4.69, 9.17) is 23.7 Å². The summed E-state index contributed by atoms with van der Waals surface area (Å²) in [6.45, 7) is 9.42. The van der Waals surface area contributed by atoms with Crippen LogP contribution in [0.5, 0.6) is 0 Å². The summed E-state index contributed by atoms with van der Waals surface area (Å²) in [7, 11) is 0. The van der Waals surface area contributed by atoms with Crippen molar-refractivity contribution >= 4 is 17.9 Å². The molecule has 0 aromatic heterocycles. The summed E-state index contributed by atoms with van der Waals surface area (Å²) in [5, 5.41) is 0. The molecule has 8 heteroatoms. The molecule has 1 spiro atoms. The van der Waals surface area contributed by atoms with Crippen LogP contribution >= 0.6 is 0 Å². The Labute approximate surface area is 176 Å². The summed E-state index contributed by atoms with van der Waals surface area (Å²) in [4.78, 5) is 35.8. The lowest BCUT2D eigenvalue weighted by molar-refractivity contribution is -0.186. The molecule has 0 aromatic rings. The predicted octanol–water partition coefficient (Wildman–Crippen LogP) is 2.66. The minimum absolute atomic E-state index is 0.0173. The van der Waals surface area contributed by atoms with Crippen LogP contribution in [0.3, 0.4) is 0 Å². The number of ether oxygens (including phenoxy) is 5. The van der Waals surface area contributed by atoms with Crippen molar-refractivity contribution in [3.05, 3.63) is 23.5 Å². The van der Waals surface area contributed by atoms with Gasteiger partial charge in [0, 0.05) is 25.3 Å². The van der Waals surface area contributed by atoms with Gasteiger partial charge in [0.1, 0.15) is 12.2 Å². The van der Waals surface area contributed by atoms with E-state index in [0.29, 0.717) is 18.6 Å². The molecule has 0 bridgehead atoms. The van der Waals surface area contributed by atoms with Crippen LogP contribution < -0.4 is 0 Å². The van der Waals surface area contributed by atoms with Gasteiger partial charge in [0.25, 0.3) is 6.29 Å². The van der Waals surface area contributed by atoms with E-state index in [1.807, 2.05) is 27.7 Å². The molecule has 3 aliphatic rings. The molecule has 0 unspecified atom stereocenters. The monoisotopic (exact) mass is 422 g/mol. The molecule has 30 heavy (non-hydrogen) atoms. The molecule has 1 saturated heterocycles. The van der Waals surface area contributed by atoms with Crippen LogP contribution in [0.1, 0.15) is 47.5 Å². The van der Waals surface area contributed by atoms with Crippen molar-refractivity contribution in [3.63, 3.8) is 0 Å². The maximum atomic E-state index is 12.3. The normalized spacial score (nSPS) is 29.1.